The highest BCUT2D eigenvalue weighted by Gasteiger charge is 2.18. The topological polar surface area (TPSA) is 71.6 Å². The summed E-state index contributed by atoms with van der Waals surface area (Å²) < 4.78 is 1.38. The summed E-state index contributed by atoms with van der Waals surface area (Å²) in [4.78, 5) is 20.6. The van der Waals surface area contributed by atoms with E-state index in [0.717, 1.165) is 49.9 Å². The van der Waals surface area contributed by atoms with Crippen LogP contribution < -0.4 is 10.2 Å². The Hall–Kier alpha value is -3.03. The first-order chi connectivity index (χ1) is 17.2. The van der Waals surface area contributed by atoms with Gasteiger partial charge in [0.2, 0.25) is 0 Å². The van der Waals surface area contributed by atoms with Crippen molar-refractivity contribution in [3.8, 4) is 5.75 Å². The second-order valence-corrected chi connectivity index (χ2v) is 10.4. The molecule has 1 amide bonds. The number of phenolic OH excluding ortho intramolecular Hbond substituents is 1. The summed E-state index contributed by atoms with van der Waals surface area (Å²) in [5, 5.41) is 17.0. The molecule has 6 nitrogen and oxygen atoms in total. The summed E-state index contributed by atoms with van der Waals surface area (Å²) in [5.74, 6) is 0.118. The molecule has 2 aromatic carbocycles. The van der Waals surface area contributed by atoms with E-state index in [9.17, 15) is 9.90 Å². The standard InChI is InChI=1S/C28H34N4O2S/c33-22-9-10-24-21(19-22)20-25(30-24)28(34)29-12-4-2-1-3-5-13-31-14-16-32(17-15-31)26-7-6-8-27-23(26)11-18-35-27/h6-11,18-20,30,33H,1-5,12-17H2,(H,29,34). The molecular weight excluding hydrogens is 456 g/mol. The van der Waals surface area contributed by atoms with Crippen LogP contribution in [-0.4, -0.2) is 60.2 Å². The van der Waals surface area contributed by atoms with Crippen LogP contribution in [0.4, 0.5) is 5.69 Å². The Bertz CT molecular complexity index is 1270. The van der Waals surface area contributed by atoms with E-state index in [1.807, 2.05) is 11.3 Å². The van der Waals surface area contributed by atoms with Gasteiger partial charge in [-0.25, -0.2) is 0 Å². The van der Waals surface area contributed by atoms with E-state index >= 15 is 0 Å². The number of aromatic amines is 1. The Labute approximate surface area is 210 Å². The summed E-state index contributed by atoms with van der Waals surface area (Å²) in [5.41, 5.74) is 2.78. The summed E-state index contributed by atoms with van der Waals surface area (Å²) in [6, 6.07) is 15.8. The van der Waals surface area contributed by atoms with Crippen LogP contribution in [0.2, 0.25) is 0 Å². The molecule has 0 spiro atoms. The third-order valence-electron chi connectivity index (χ3n) is 6.97. The van der Waals surface area contributed by atoms with E-state index in [0.29, 0.717) is 12.2 Å². The number of thiophene rings is 1. The average Bonchev–Trinajstić information content (AvgIpc) is 3.52. The quantitative estimate of drug-likeness (QED) is 0.253. The van der Waals surface area contributed by atoms with Crippen molar-refractivity contribution in [2.45, 2.75) is 32.1 Å². The zero-order valence-corrected chi connectivity index (χ0v) is 20.9. The van der Waals surface area contributed by atoms with Gasteiger partial charge in [0, 0.05) is 59.4 Å². The molecule has 3 N–H and O–H groups in total. The third kappa shape index (κ3) is 5.80. The zero-order chi connectivity index (χ0) is 24.0. The van der Waals surface area contributed by atoms with Crippen LogP contribution in [-0.2, 0) is 0 Å². The van der Waals surface area contributed by atoms with Gasteiger partial charge in [0.1, 0.15) is 11.4 Å². The molecule has 0 bridgehead atoms. The van der Waals surface area contributed by atoms with Crippen molar-refractivity contribution < 1.29 is 9.90 Å². The molecule has 7 heteroatoms. The summed E-state index contributed by atoms with van der Waals surface area (Å²) in [6.45, 7) is 6.36. The van der Waals surface area contributed by atoms with Crippen molar-refractivity contribution >= 4 is 43.9 Å². The average molecular weight is 491 g/mol. The number of aromatic hydroxyl groups is 1. The molecule has 1 fully saturated rings. The SMILES string of the molecule is O=C(NCCCCCCCN1CCN(c2cccc3sccc23)CC1)c1cc2cc(O)ccc2[nH]1. The molecule has 0 atom stereocenters. The highest BCUT2D eigenvalue weighted by molar-refractivity contribution is 7.17. The number of hydrogen-bond acceptors (Lipinski definition) is 5. The van der Waals surface area contributed by atoms with Crippen molar-refractivity contribution in [2.24, 2.45) is 0 Å². The number of carbonyl (C=O) groups is 1. The molecule has 4 aromatic rings. The van der Waals surface area contributed by atoms with E-state index in [-0.39, 0.29) is 11.7 Å². The van der Waals surface area contributed by atoms with E-state index < -0.39 is 0 Å². The molecule has 1 aliphatic heterocycles. The highest BCUT2D eigenvalue weighted by Crippen LogP contribution is 2.31. The maximum Gasteiger partial charge on any atom is 0.267 e. The molecule has 0 aliphatic carbocycles. The fourth-order valence-corrected chi connectivity index (χ4v) is 5.80. The van der Waals surface area contributed by atoms with E-state index in [2.05, 4.69) is 49.7 Å². The summed E-state index contributed by atoms with van der Waals surface area (Å²) in [7, 11) is 0. The molecule has 0 saturated carbocycles. The maximum absolute atomic E-state index is 12.4. The molecule has 2 aromatic heterocycles. The number of fused-ring (bicyclic) bond motifs is 2. The van der Waals surface area contributed by atoms with Gasteiger partial charge in [-0.05, 0) is 67.2 Å². The predicted octanol–water partition coefficient (Wildman–Crippen LogP) is 5.59. The normalized spacial score (nSPS) is 14.7. The van der Waals surface area contributed by atoms with Crippen LogP contribution in [0.3, 0.4) is 0 Å². The minimum absolute atomic E-state index is 0.0879. The lowest BCUT2D eigenvalue weighted by Crippen LogP contribution is -2.46. The Morgan fingerprint density at radius 1 is 0.971 bits per heavy atom. The molecule has 184 valence electrons. The molecule has 1 saturated heterocycles. The molecule has 0 unspecified atom stereocenters. The number of benzene rings is 2. The van der Waals surface area contributed by atoms with Gasteiger partial charge in [0.15, 0.2) is 0 Å². The van der Waals surface area contributed by atoms with Crippen LogP contribution in [0.5, 0.6) is 5.75 Å². The second kappa shape index (κ2) is 11.1. The van der Waals surface area contributed by atoms with Crippen LogP contribution >= 0.6 is 11.3 Å². The van der Waals surface area contributed by atoms with Gasteiger partial charge in [0.25, 0.3) is 5.91 Å². The van der Waals surface area contributed by atoms with Crippen molar-refractivity contribution in [3.05, 3.63) is 59.6 Å². The van der Waals surface area contributed by atoms with Crippen molar-refractivity contribution in [1.82, 2.24) is 15.2 Å². The maximum atomic E-state index is 12.4. The monoisotopic (exact) mass is 490 g/mol. The molecule has 5 rings (SSSR count). The lowest BCUT2D eigenvalue weighted by molar-refractivity contribution is 0.0948. The number of amides is 1. The van der Waals surface area contributed by atoms with Crippen molar-refractivity contribution in [1.29, 1.82) is 0 Å². The first-order valence-corrected chi connectivity index (χ1v) is 13.6. The summed E-state index contributed by atoms with van der Waals surface area (Å²) in [6.07, 6.45) is 5.84. The first kappa shape index (κ1) is 23.7. The zero-order valence-electron chi connectivity index (χ0n) is 20.1. The Kier molecular flexibility index (Phi) is 7.54. The summed E-state index contributed by atoms with van der Waals surface area (Å²) >= 11 is 1.82. The highest BCUT2D eigenvalue weighted by atomic mass is 32.1. The van der Waals surface area contributed by atoms with Gasteiger partial charge < -0.3 is 20.3 Å². The number of carbonyl (C=O) groups excluding carboxylic acids is 1. The smallest absolute Gasteiger partial charge is 0.267 e. The largest absolute Gasteiger partial charge is 0.508 e. The Balaban J connectivity index is 0.934. The first-order valence-electron chi connectivity index (χ1n) is 12.7. The molecule has 35 heavy (non-hydrogen) atoms. The molecule has 1 aliphatic rings. The fraction of sp³-hybridized carbons (Fsp3) is 0.393. The van der Waals surface area contributed by atoms with Gasteiger partial charge in [-0.2, -0.15) is 0 Å². The van der Waals surface area contributed by atoms with Crippen LogP contribution in [0.25, 0.3) is 21.0 Å². The number of nitrogens with zero attached hydrogens (tertiary/aromatic N) is 2. The van der Waals surface area contributed by atoms with E-state index in [1.165, 1.54) is 41.6 Å². The van der Waals surface area contributed by atoms with E-state index in [4.69, 9.17) is 0 Å². The predicted molar refractivity (Wildman–Crippen MR) is 146 cm³/mol. The Morgan fingerprint density at radius 3 is 2.69 bits per heavy atom. The number of H-pyrrole nitrogens is 1. The lowest BCUT2D eigenvalue weighted by Gasteiger charge is -2.36. The number of rotatable bonds is 10. The fourth-order valence-electron chi connectivity index (χ4n) is 5.00. The van der Waals surface area contributed by atoms with Crippen LogP contribution in [0.1, 0.15) is 42.6 Å². The molecular formula is C28H34N4O2S. The number of piperazine rings is 1. The molecule has 0 radical (unpaired) electrons. The minimum atomic E-state index is -0.0879. The van der Waals surface area contributed by atoms with Crippen molar-refractivity contribution in [2.75, 3.05) is 44.2 Å². The third-order valence-corrected chi connectivity index (χ3v) is 7.85. The molecule has 3 heterocycles. The van der Waals surface area contributed by atoms with Crippen molar-refractivity contribution in [3.63, 3.8) is 0 Å². The van der Waals surface area contributed by atoms with Gasteiger partial charge >= 0.3 is 0 Å². The minimum Gasteiger partial charge on any atom is -0.508 e. The Morgan fingerprint density at radius 2 is 1.80 bits per heavy atom. The van der Waals surface area contributed by atoms with E-state index in [1.54, 1.807) is 24.3 Å². The number of anilines is 1. The van der Waals surface area contributed by atoms with Crippen LogP contribution in [0.15, 0.2) is 53.9 Å². The number of aromatic nitrogens is 1. The number of nitrogens with one attached hydrogen (secondary N) is 2. The lowest BCUT2D eigenvalue weighted by atomic mass is 10.1. The van der Waals surface area contributed by atoms with Crippen LogP contribution in [0, 0.1) is 0 Å². The van der Waals surface area contributed by atoms with Gasteiger partial charge in [0.05, 0.1) is 0 Å². The second-order valence-electron chi connectivity index (χ2n) is 9.42. The van der Waals surface area contributed by atoms with Gasteiger partial charge in [-0.1, -0.05) is 25.3 Å². The number of unbranched alkanes of at least 4 members (excludes halogenated alkanes) is 4. The number of phenols is 1. The van der Waals surface area contributed by atoms with Gasteiger partial charge in [-0.15, -0.1) is 11.3 Å². The van der Waals surface area contributed by atoms with Gasteiger partial charge in [-0.3, -0.25) is 9.69 Å². The number of hydrogen-bond donors (Lipinski definition) is 3.